The molecule has 1 rings (SSSR count). The Morgan fingerprint density at radius 2 is 2.21 bits per heavy atom. The maximum absolute atomic E-state index is 10.4. The Morgan fingerprint density at radius 3 is 2.79 bits per heavy atom. The average molecular weight is 190 g/mol. The van der Waals surface area contributed by atoms with E-state index in [4.69, 9.17) is 16.2 Å². The fraction of sp³-hybridized carbons (Fsp3) is 0.100. The molecule has 4 nitrogen and oxygen atoms in total. The van der Waals surface area contributed by atoms with E-state index in [2.05, 4.69) is 11.8 Å². The first-order valence-electron chi connectivity index (χ1n) is 3.88. The summed E-state index contributed by atoms with van der Waals surface area (Å²) < 4.78 is 5.02. The van der Waals surface area contributed by atoms with E-state index in [0.717, 1.165) is 0 Å². The van der Waals surface area contributed by atoms with Crippen LogP contribution in [0.4, 0.5) is 5.69 Å². The van der Waals surface area contributed by atoms with E-state index < -0.39 is 5.91 Å². The minimum absolute atomic E-state index is 0.548. The maximum atomic E-state index is 10.4. The number of benzene rings is 1. The standard InChI is InChI=1S/C10H10N2O2/c1-14-9-4-3-8(11)6-7(9)2-5-10(12)13/h3-4,6H,11H2,1H3,(H2,12,13). The van der Waals surface area contributed by atoms with Gasteiger partial charge in [0.25, 0.3) is 5.91 Å². The molecule has 0 aliphatic heterocycles. The molecular formula is C10H10N2O2. The zero-order valence-electron chi connectivity index (χ0n) is 7.70. The van der Waals surface area contributed by atoms with Gasteiger partial charge in [0.1, 0.15) is 5.75 Å². The Labute approximate surface area is 81.8 Å². The molecule has 1 aromatic rings. The number of nitrogen functional groups attached to an aromatic ring is 1. The molecule has 0 atom stereocenters. The number of carbonyl (C=O) groups excluding carboxylic acids is 1. The van der Waals surface area contributed by atoms with Gasteiger partial charge in [0.05, 0.1) is 12.7 Å². The number of hydrogen-bond acceptors (Lipinski definition) is 3. The van der Waals surface area contributed by atoms with Crippen molar-refractivity contribution < 1.29 is 9.53 Å². The van der Waals surface area contributed by atoms with Gasteiger partial charge in [-0.05, 0) is 18.2 Å². The maximum Gasteiger partial charge on any atom is 0.293 e. The quantitative estimate of drug-likeness (QED) is 0.487. The number of methoxy groups -OCH3 is 1. The van der Waals surface area contributed by atoms with Crippen molar-refractivity contribution >= 4 is 11.6 Å². The molecule has 0 aromatic heterocycles. The predicted octanol–water partition coefficient (Wildman–Crippen LogP) is 0.114. The zero-order chi connectivity index (χ0) is 10.6. The Bertz CT molecular complexity index is 416. The lowest BCUT2D eigenvalue weighted by atomic mass is 10.2. The van der Waals surface area contributed by atoms with Crippen LogP contribution in [0.2, 0.25) is 0 Å². The van der Waals surface area contributed by atoms with Crippen LogP contribution in [-0.4, -0.2) is 13.0 Å². The van der Waals surface area contributed by atoms with Crippen LogP contribution in [0.5, 0.6) is 5.75 Å². The minimum atomic E-state index is -0.686. The third kappa shape index (κ3) is 2.42. The number of amides is 1. The molecule has 0 aliphatic carbocycles. The molecule has 4 N–H and O–H groups in total. The van der Waals surface area contributed by atoms with E-state index in [-0.39, 0.29) is 0 Å². The van der Waals surface area contributed by atoms with E-state index >= 15 is 0 Å². The molecule has 0 spiro atoms. The molecule has 0 unspecified atom stereocenters. The monoisotopic (exact) mass is 190 g/mol. The summed E-state index contributed by atoms with van der Waals surface area (Å²) in [5.74, 6) is 4.67. The smallest absolute Gasteiger partial charge is 0.293 e. The third-order valence-corrected chi connectivity index (χ3v) is 1.54. The first kappa shape index (κ1) is 9.93. The van der Waals surface area contributed by atoms with Gasteiger partial charge in [-0.3, -0.25) is 4.79 Å². The Morgan fingerprint density at radius 1 is 1.50 bits per heavy atom. The van der Waals surface area contributed by atoms with Crippen molar-refractivity contribution in [2.24, 2.45) is 5.73 Å². The van der Waals surface area contributed by atoms with Crippen molar-refractivity contribution in [3.63, 3.8) is 0 Å². The fourth-order valence-electron chi connectivity index (χ4n) is 0.952. The average Bonchev–Trinajstić information content (AvgIpc) is 2.15. The Kier molecular flexibility index (Phi) is 2.97. The molecule has 4 heteroatoms. The number of ether oxygens (including phenoxy) is 1. The number of primary amides is 1. The van der Waals surface area contributed by atoms with Gasteiger partial charge >= 0.3 is 0 Å². The van der Waals surface area contributed by atoms with E-state index in [9.17, 15) is 4.79 Å². The van der Waals surface area contributed by atoms with Crippen molar-refractivity contribution in [3.05, 3.63) is 23.8 Å². The van der Waals surface area contributed by atoms with Crippen LogP contribution in [0.3, 0.4) is 0 Å². The van der Waals surface area contributed by atoms with Crippen molar-refractivity contribution in [1.29, 1.82) is 0 Å². The predicted molar refractivity (Wildman–Crippen MR) is 53.5 cm³/mol. The van der Waals surface area contributed by atoms with Crippen LogP contribution in [0.1, 0.15) is 5.56 Å². The molecule has 14 heavy (non-hydrogen) atoms. The van der Waals surface area contributed by atoms with Gasteiger partial charge < -0.3 is 16.2 Å². The SMILES string of the molecule is COc1ccc(N)cc1C#CC(N)=O. The third-order valence-electron chi connectivity index (χ3n) is 1.54. The first-order chi connectivity index (χ1) is 6.63. The second-order valence-electron chi connectivity index (χ2n) is 2.57. The van der Waals surface area contributed by atoms with Crippen LogP contribution in [0.25, 0.3) is 0 Å². The normalized spacial score (nSPS) is 8.64. The summed E-state index contributed by atoms with van der Waals surface area (Å²) >= 11 is 0. The lowest BCUT2D eigenvalue weighted by Gasteiger charge is -2.02. The molecule has 0 heterocycles. The van der Waals surface area contributed by atoms with Gasteiger partial charge in [0.2, 0.25) is 0 Å². The van der Waals surface area contributed by atoms with Crippen LogP contribution < -0.4 is 16.2 Å². The second-order valence-corrected chi connectivity index (χ2v) is 2.57. The number of carbonyl (C=O) groups is 1. The summed E-state index contributed by atoms with van der Waals surface area (Å²) in [7, 11) is 1.51. The summed E-state index contributed by atoms with van der Waals surface area (Å²) in [6, 6.07) is 4.99. The highest BCUT2D eigenvalue weighted by molar-refractivity contribution is 5.92. The van der Waals surface area contributed by atoms with E-state index in [1.54, 1.807) is 18.2 Å². The molecule has 0 saturated heterocycles. The summed E-state index contributed by atoms with van der Waals surface area (Å²) in [5, 5.41) is 0. The van der Waals surface area contributed by atoms with Crippen molar-refractivity contribution in [2.45, 2.75) is 0 Å². The van der Waals surface area contributed by atoms with Gasteiger partial charge in [0.15, 0.2) is 0 Å². The number of anilines is 1. The topological polar surface area (TPSA) is 78.3 Å². The van der Waals surface area contributed by atoms with Gasteiger partial charge in [-0.25, -0.2) is 0 Å². The van der Waals surface area contributed by atoms with E-state index in [1.807, 2.05) is 0 Å². The number of nitrogens with two attached hydrogens (primary N) is 2. The van der Waals surface area contributed by atoms with Crippen molar-refractivity contribution in [3.8, 4) is 17.6 Å². The largest absolute Gasteiger partial charge is 0.495 e. The van der Waals surface area contributed by atoms with Crippen molar-refractivity contribution in [1.82, 2.24) is 0 Å². The summed E-state index contributed by atoms with van der Waals surface area (Å²) in [5.41, 5.74) is 11.5. The zero-order valence-corrected chi connectivity index (χ0v) is 7.70. The van der Waals surface area contributed by atoms with Gasteiger partial charge in [-0.2, -0.15) is 0 Å². The molecule has 0 fully saturated rings. The van der Waals surface area contributed by atoms with Gasteiger partial charge in [0, 0.05) is 11.6 Å². The molecular weight excluding hydrogens is 180 g/mol. The highest BCUT2D eigenvalue weighted by Crippen LogP contribution is 2.19. The minimum Gasteiger partial charge on any atom is -0.495 e. The lowest BCUT2D eigenvalue weighted by molar-refractivity contribution is -0.112. The molecule has 0 bridgehead atoms. The number of rotatable bonds is 1. The highest BCUT2D eigenvalue weighted by Gasteiger charge is 1.99. The van der Waals surface area contributed by atoms with Crippen LogP contribution >= 0.6 is 0 Å². The van der Waals surface area contributed by atoms with Crippen LogP contribution in [0, 0.1) is 11.8 Å². The number of hydrogen-bond donors (Lipinski definition) is 2. The molecule has 0 saturated carbocycles. The van der Waals surface area contributed by atoms with Crippen molar-refractivity contribution in [2.75, 3.05) is 12.8 Å². The molecule has 72 valence electrons. The lowest BCUT2D eigenvalue weighted by Crippen LogP contribution is -2.06. The second kappa shape index (κ2) is 4.19. The first-order valence-corrected chi connectivity index (χ1v) is 3.88. The highest BCUT2D eigenvalue weighted by atomic mass is 16.5. The summed E-state index contributed by atoms with van der Waals surface area (Å²) in [4.78, 5) is 10.4. The van der Waals surface area contributed by atoms with Gasteiger partial charge in [-0.1, -0.05) is 5.92 Å². The van der Waals surface area contributed by atoms with Gasteiger partial charge in [-0.15, -0.1) is 0 Å². The Balaban J connectivity index is 3.13. The van der Waals surface area contributed by atoms with Crippen LogP contribution in [0.15, 0.2) is 18.2 Å². The summed E-state index contributed by atoms with van der Waals surface area (Å²) in [6.45, 7) is 0. The summed E-state index contributed by atoms with van der Waals surface area (Å²) in [6.07, 6.45) is 0. The van der Waals surface area contributed by atoms with E-state index in [0.29, 0.717) is 17.0 Å². The fourth-order valence-corrected chi connectivity index (χ4v) is 0.952. The van der Waals surface area contributed by atoms with Crippen LogP contribution in [-0.2, 0) is 4.79 Å². The molecule has 0 aliphatic rings. The molecule has 0 radical (unpaired) electrons. The Hall–Kier alpha value is -2.15. The van der Waals surface area contributed by atoms with E-state index in [1.165, 1.54) is 7.11 Å². The molecule has 1 aromatic carbocycles. The molecule has 1 amide bonds.